The minimum absolute atomic E-state index is 0.162. The minimum atomic E-state index is -0.826. The summed E-state index contributed by atoms with van der Waals surface area (Å²) in [7, 11) is 0. The van der Waals surface area contributed by atoms with Crippen molar-refractivity contribution in [2.45, 2.75) is 19.6 Å². The van der Waals surface area contributed by atoms with E-state index in [0.29, 0.717) is 37.8 Å². The summed E-state index contributed by atoms with van der Waals surface area (Å²) in [6.07, 6.45) is 2.14. The lowest BCUT2D eigenvalue weighted by Gasteiger charge is -2.35. The first-order valence-corrected chi connectivity index (χ1v) is 10.9. The van der Waals surface area contributed by atoms with Gasteiger partial charge in [0.2, 0.25) is 0 Å². The maximum atomic E-state index is 12.7. The third-order valence-corrected chi connectivity index (χ3v) is 5.55. The zero-order valence-corrected chi connectivity index (χ0v) is 18.2. The van der Waals surface area contributed by atoms with Crippen LogP contribution >= 0.6 is 0 Å². The van der Waals surface area contributed by atoms with Crippen molar-refractivity contribution in [2.24, 2.45) is 0 Å². The molecule has 168 valence electrons. The van der Waals surface area contributed by atoms with Crippen LogP contribution in [0.2, 0.25) is 0 Å². The molecule has 1 saturated heterocycles. The molecule has 2 aromatic carbocycles. The van der Waals surface area contributed by atoms with Gasteiger partial charge in [-0.1, -0.05) is 36.4 Å². The lowest BCUT2D eigenvalue weighted by atomic mass is 10.2. The molecule has 1 unspecified atom stereocenters. The second-order valence-corrected chi connectivity index (χ2v) is 7.90. The summed E-state index contributed by atoms with van der Waals surface area (Å²) in [6, 6.07) is 15.7. The molecule has 0 aliphatic carbocycles. The Balaban J connectivity index is 1.23. The van der Waals surface area contributed by atoms with E-state index in [1.54, 1.807) is 17.9 Å². The van der Waals surface area contributed by atoms with Gasteiger partial charge in [-0.05, 0) is 36.3 Å². The van der Waals surface area contributed by atoms with Crippen molar-refractivity contribution < 1.29 is 23.8 Å². The molecule has 0 saturated carbocycles. The van der Waals surface area contributed by atoms with Gasteiger partial charge in [0.25, 0.3) is 5.91 Å². The molecule has 0 N–H and O–H groups in total. The Labute approximate surface area is 188 Å². The Morgan fingerprint density at radius 1 is 1.00 bits per heavy atom. The number of amides is 1. The zero-order chi connectivity index (χ0) is 22.3. The van der Waals surface area contributed by atoms with Gasteiger partial charge in [0.1, 0.15) is 13.2 Å². The summed E-state index contributed by atoms with van der Waals surface area (Å²) in [5.74, 6) is 0.634. The Morgan fingerprint density at radius 2 is 1.72 bits per heavy atom. The van der Waals surface area contributed by atoms with E-state index in [1.807, 2.05) is 36.4 Å². The second kappa shape index (κ2) is 10.3. The van der Waals surface area contributed by atoms with Crippen LogP contribution in [0, 0.1) is 0 Å². The average molecular weight is 437 g/mol. The molecular formula is C25H28N2O5. The van der Waals surface area contributed by atoms with E-state index in [9.17, 15) is 9.59 Å². The number of hydrogen-bond acceptors (Lipinski definition) is 6. The van der Waals surface area contributed by atoms with E-state index in [-0.39, 0.29) is 5.91 Å². The van der Waals surface area contributed by atoms with Crippen molar-refractivity contribution in [3.63, 3.8) is 0 Å². The van der Waals surface area contributed by atoms with E-state index in [0.717, 1.165) is 25.2 Å². The molecule has 7 heteroatoms. The Kier molecular flexibility index (Phi) is 7.07. The van der Waals surface area contributed by atoms with Crippen LogP contribution in [0.3, 0.4) is 0 Å². The highest BCUT2D eigenvalue weighted by atomic mass is 16.6. The predicted octanol–water partition coefficient (Wildman–Crippen LogP) is 2.75. The molecule has 32 heavy (non-hydrogen) atoms. The minimum Gasteiger partial charge on any atom is -0.486 e. The van der Waals surface area contributed by atoms with E-state index >= 15 is 0 Å². The standard InChI is InChI=1S/C25H28N2O5/c1-19(25(29)27-13-11-26(12-14-27)18-21-5-3-2-4-6-21)32-24(28)10-8-20-7-9-22-23(17-20)31-16-15-30-22/h2-10,17,19H,11-16,18H2,1H3/b10-8+. The molecule has 0 radical (unpaired) electrons. The molecule has 1 amide bonds. The van der Waals surface area contributed by atoms with Gasteiger partial charge < -0.3 is 19.1 Å². The number of carbonyl (C=O) groups is 2. The number of benzene rings is 2. The van der Waals surface area contributed by atoms with Gasteiger partial charge in [0.05, 0.1) is 0 Å². The van der Waals surface area contributed by atoms with Crippen molar-refractivity contribution in [1.82, 2.24) is 9.80 Å². The zero-order valence-electron chi connectivity index (χ0n) is 18.2. The highest BCUT2D eigenvalue weighted by Gasteiger charge is 2.26. The second-order valence-electron chi connectivity index (χ2n) is 7.90. The first kappa shape index (κ1) is 21.9. The van der Waals surface area contributed by atoms with Gasteiger partial charge in [0.15, 0.2) is 17.6 Å². The highest BCUT2D eigenvalue weighted by molar-refractivity contribution is 5.90. The molecule has 0 bridgehead atoms. The molecule has 4 rings (SSSR count). The van der Waals surface area contributed by atoms with Crippen molar-refractivity contribution in [1.29, 1.82) is 0 Å². The number of hydrogen-bond donors (Lipinski definition) is 0. The van der Waals surface area contributed by atoms with E-state index in [4.69, 9.17) is 14.2 Å². The molecule has 2 aliphatic rings. The van der Waals surface area contributed by atoms with Gasteiger partial charge in [-0.25, -0.2) is 4.79 Å². The van der Waals surface area contributed by atoms with Gasteiger partial charge in [-0.15, -0.1) is 0 Å². The molecule has 1 fully saturated rings. The van der Waals surface area contributed by atoms with E-state index in [2.05, 4.69) is 17.0 Å². The van der Waals surface area contributed by atoms with Crippen LogP contribution in [0.1, 0.15) is 18.1 Å². The topological polar surface area (TPSA) is 68.3 Å². The summed E-state index contributed by atoms with van der Waals surface area (Å²) >= 11 is 0. The molecule has 1 atom stereocenters. The van der Waals surface area contributed by atoms with Crippen LogP contribution in [0.4, 0.5) is 0 Å². The number of esters is 1. The molecule has 2 heterocycles. The SMILES string of the molecule is CC(OC(=O)/C=C/c1ccc2c(c1)OCCO2)C(=O)N1CCN(Cc2ccccc2)CC1. The summed E-state index contributed by atoms with van der Waals surface area (Å²) in [6.45, 7) is 6.37. The van der Waals surface area contributed by atoms with Crippen LogP contribution in [0.15, 0.2) is 54.6 Å². The molecule has 0 aromatic heterocycles. The number of rotatable bonds is 6. The fraction of sp³-hybridized carbons (Fsp3) is 0.360. The van der Waals surface area contributed by atoms with Crippen LogP contribution in [0.5, 0.6) is 11.5 Å². The molecular weight excluding hydrogens is 408 g/mol. The molecule has 2 aliphatic heterocycles. The third-order valence-electron chi connectivity index (χ3n) is 5.55. The van der Waals surface area contributed by atoms with Crippen molar-refractivity contribution in [2.75, 3.05) is 39.4 Å². The number of nitrogens with zero attached hydrogens (tertiary/aromatic N) is 2. The van der Waals surface area contributed by atoms with Crippen molar-refractivity contribution in [3.05, 3.63) is 65.7 Å². The fourth-order valence-corrected chi connectivity index (χ4v) is 3.82. The van der Waals surface area contributed by atoms with E-state index in [1.165, 1.54) is 11.6 Å². The van der Waals surface area contributed by atoms with Crippen LogP contribution in [-0.4, -0.2) is 67.2 Å². The first-order chi connectivity index (χ1) is 15.6. The average Bonchev–Trinajstić information content (AvgIpc) is 2.83. The summed E-state index contributed by atoms with van der Waals surface area (Å²) in [4.78, 5) is 29.0. The van der Waals surface area contributed by atoms with Gasteiger partial charge in [-0.2, -0.15) is 0 Å². The Morgan fingerprint density at radius 3 is 2.47 bits per heavy atom. The molecule has 2 aromatic rings. The summed E-state index contributed by atoms with van der Waals surface area (Å²) < 4.78 is 16.4. The van der Waals surface area contributed by atoms with Crippen LogP contribution in [-0.2, 0) is 20.9 Å². The first-order valence-electron chi connectivity index (χ1n) is 10.9. The maximum Gasteiger partial charge on any atom is 0.331 e. The lowest BCUT2D eigenvalue weighted by molar-refractivity contribution is -0.156. The van der Waals surface area contributed by atoms with E-state index < -0.39 is 12.1 Å². The normalized spacial score (nSPS) is 17.2. The number of ether oxygens (including phenoxy) is 3. The molecule has 0 spiro atoms. The van der Waals surface area contributed by atoms with Gasteiger partial charge >= 0.3 is 5.97 Å². The smallest absolute Gasteiger partial charge is 0.331 e. The Bertz CT molecular complexity index is 968. The number of fused-ring (bicyclic) bond motifs is 1. The van der Waals surface area contributed by atoms with Crippen molar-refractivity contribution in [3.8, 4) is 11.5 Å². The third kappa shape index (κ3) is 5.68. The predicted molar refractivity (Wildman–Crippen MR) is 120 cm³/mol. The number of piperazine rings is 1. The fourth-order valence-electron chi connectivity index (χ4n) is 3.82. The van der Waals surface area contributed by atoms with Gasteiger partial charge in [-0.3, -0.25) is 9.69 Å². The maximum absolute atomic E-state index is 12.7. The van der Waals surface area contributed by atoms with Crippen LogP contribution < -0.4 is 9.47 Å². The summed E-state index contributed by atoms with van der Waals surface area (Å²) in [5.41, 5.74) is 2.05. The quantitative estimate of drug-likeness (QED) is 0.512. The largest absolute Gasteiger partial charge is 0.486 e. The molecule has 7 nitrogen and oxygen atoms in total. The van der Waals surface area contributed by atoms with Crippen molar-refractivity contribution >= 4 is 18.0 Å². The van der Waals surface area contributed by atoms with Crippen LogP contribution in [0.25, 0.3) is 6.08 Å². The van der Waals surface area contributed by atoms with Gasteiger partial charge in [0, 0.05) is 38.8 Å². The monoisotopic (exact) mass is 436 g/mol. The highest BCUT2D eigenvalue weighted by Crippen LogP contribution is 2.31. The Hall–Kier alpha value is -3.32. The lowest BCUT2D eigenvalue weighted by Crippen LogP contribution is -2.51. The number of carbonyl (C=O) groups excluding carboxylic acids is 2. The summed E-state index contributed by atoms with van der Waals surface area (Å²) in [5, 5.41) is 0.